The highest BCUT2D eigenvalue weighted by Crippen LogP contribution is 2.40. The normalized spacial score (nSPS) is 11.9. The van der Waals surface area contributed by atoms with Crippen molar-refractivity contribution in [1.82, 2.24) is 9.97 Å². The maximum Gasteiger partial charge on any atom is 0.327 e. The molecule has 1 aromatic heterocycles. The summed E-state index contributed by atoms with van der Waals surface area (Å²) < 4.78 is 0. The number of H-pyrrole nitrogens is 1. The number of nitro groups is 2. The number of hydrogen-bond acceptors (Lipinski definition) is 6. The van der Waals surface area contributed by atoms with Crippen LogP contribution in [0.5, 0.6) is 0 Å². The van der Waals surface area contributed by atoms with Crippen molar-refractivity contribution in [3.63, 3.8) is 0 Å². The lowest BCUT2D eigenvalue weighted by molar-refractivity contribution is -0.391. The lowest BCUT2D eigenvalue weighted by atomic mass is 9.91. The van der Waals surface area contributed by atoms with Gasteiger partial charge in [-0.2, -0.15) is 0 Å². The molecule has 1 atom stereocenters. The van der Waals surface area contributed by atoms with Gasteiger partial charge < -0.3 is 10.3 Å². The average Bonchev–Trinajstić information content (AvgIpc) is 3.16. The maximum atomic E-state index is 11.9. The molecule has 0 aliphatic rings. The SMILES string of the molecule is Cc1nc2c([N+](=O)[O-])c(NCC(Cc3ccccc3)c3ccccc3)c([N+](=O)[O-])cc2[nH]1. The first kappa shape index (κ1) is 21.0. The molecule has 9 heteroatoms. The number of aromatic nitrogens is 2. The van der Waals surface area contributed by atoms with E-state index in [1.54, 1.807) is 6.92 Å². The number of hydrogen-bond donors (Lipinski definition) is 2. The number of nitrogens with zero attached hydrogens (tertiary/aromatic N) is 3. The number of anilines is 1. The van der Waals surface area contributed by atoms with Crippen molar-refractivity contribution in [3.8, 4) is 0 Å². The summed E-state index contributed by atoms with van der Waals surface area (Å²) in [7, 11) is 0. The molecule has 162 valence electrons. The van der Waals surface area contributed by atoms with E-state index in [2.05, 4.69) is 15.3 Å². The predicted octanol–water partition coefficient (Wildman–Crippen LogP) is 5.13. The molecule has 0 aliphatic carbocycles. The van der Waals surface area contributed by atoms with Gasteiger partial charge in [-0.05, 0) is 24.5 Å². The number of rotatable bonds is 8. The largest absolute Gasteiger partial charge is 0.373 e. The summed E-state index contributed by atoms with van der Waals surface area (Å²) in [6.07, 6.45) is 0.670. The highest BCUT2D eigenvalue weighted by molar-refractivity contribution is 5.96. The Hall–Kier alpha value is -4.27. The Bertz CT molecular complexity index is 1270. The molecule has 0 saturated carbocycles. The summed E-state index contributed by atoms with van der Waals surface area (Å²) in [6, 6.07) is 20.9. The van der Waals surface area contributed by atoms with Crippen LogP contribution in [-0.4, -0.2) is 26.4 Å². The van der Waals surface area contributed by atoms with Crippen LogP contribution in [0.2, 0.25) is 0 Å². The van der Waals surface area contributed by atoms with E-state index in [1.165, 1.54) is 6.07 Å². The van der Waals surface area contributed by atoms with Gasteiger partial charge in [0.1, 0.15) is 5.82 Å². The van der Waals surface area contributed by atoms with Crippen molar-refractivity contribution in [3.05, 3.63) is 104 Å². The van der Waals surface area contributed by atoms with Gasteiger partial charge in [0.25, 0.3) is 0 Å². The highest BCUT2D eigenvalue weighted by atomic mass is 16.6. The number of aryl methyl sites for hydroxylation is 1. The summed E-state index contributed by atoms with van der Waals surface area (Å²) >= 11 is 0. The fourth-order valence-electron chi connectivity index (χ4n) is 3.90. The predicted molar refractivity (Wildman–Crippen MR) is 122 cm³/mol. The zero-order valence-electron chi connectivity index (χ0n) is 17.3. The maximum absolute atomic E-state index is 11.9. The highest BCUT2D eigenvalue weighted by Gasteiger charge is 2.31. The van der Waals surface area contributed by atoms with E-state index in [0.29, 0.717) is 12.2 Å². The van der Waals surface area contributed by atoms with Crippen molar-refractivity contribution >= 4 is 28.1 Å². The number of aromatic amines is 1. The summed E-state index contributed by atoms with van der Waals surface area (Å²) in [4.78, 5) is 29.5. The molecule has 1 unspecified atom stereocenters. The summed E-state index contributed by atoms with van der Waals surface area (Å²) in [6.45, 7) is 1.92. The topological polar surface area (TPSA) is 127 Å². The first-order valence-electron chi connectivity index (χ1n) is 10.1. The fraction of sp³-hybridized carbons (Fsp3) is 0.174. The van der Waals surface area contributed by atoms with E-state index in [9.17, 15) is 20.2 Å². The Balaban J connectivity index is 1.75. The van der Waals surface area contributed by atoms with Crippen LogP contribution in [0.25, 0.3) is 11.0 Å². The van der Waals surface area contributed by atoms with E-state index in [4.69, 9.17) is 0 Å². The third-order valence-electron chi connectivity index (χ3n) is 5.35. The number of fused-ring (bicyclic) bond motifs is 1. The van der Waals surface area contributed by atoms with Crippen LogP contribution >= 0.6 is 0 Å². The monoisotopic (exact) mass is 431 g/mol. The molecule has 0 saturated heterocycles. The van der Waals surface area contributed by atoms with Gasteiger partial charge in [-0.1, -0.05) is 60.7 Å². The Morgan fingerprint density at radius 1 is 1.00 bits per heavy atom. The Kier molecular flexibility index (Phi) is 5.80. The van der Waals surface area contributed by atoms with Crippen LogP contribution in [0.1, 0.15) is 22.9 Å². The lowest BCUT2D eigenvalue weighted by Crippen LogP contribution is -2.17. The van der Waals surface area contributed by atoms with Crippen molar-refractivity contribution < 1.29 is 9.85 Å². The van der Waals surface area contributed by atoms with Crippen LogP contribution in [0.4, 0.5) is 17.1 Å². The minimum atomic E-state index is -0.618. The number of nitro benzene ring substituents is 2. The first-order valence-corrected chi connectivity index (χ1v) is 10.1. The van der Waals surface area contributed by atoms with Gasteiger partial charge in [0.15, 0.2) is 11.2 Å². The van der Waals surface area contributed by atoms with Crippen molar-refractivity contribution in [2.75, 3.05) is 11.9 Å². The zero-order chi connectivity index (χ0) is 22.7. The molecule has 9 nitrogen and oxygen atoms in total. The number of imidazole rings is 1. The van der Waals surface area contributed by atoms with Gasteiger partial charge in [-0.15, -0.1) is 0 Å². The van der Waals surface area contributed by atoms with Gasteiger partial charge in [-0.3, -0.25) is 20.2 Å². The van der Waals surface area contributed by atoms with Crippen molar-refractivity contribution in [2.24, 2.45) is 0 Å². The second kappa shape index (κ2) is 8.84. The van der Waals surface area contributed by atoms with Crippen LogP contribution < -0.4 is 5.32 Å². The van der Waals surface area contributed by atoms with Gasteiger partial charge >= 0.3 is 11.4 Å². The van der Waals surface area contributed by atoms with Crippen LogP contribution in [0, 0.1) is 27.2 Å². The molecule has 4 rings (SSSR count). The molecule has 4 aromatic rings. The molecule has 1 heterocycles. The smallest absolute Gasteiger partial charge is 0.327 e. The first-order chi connectivity index (χ1) is 15.4. The second-order valence-corrected chi connectivity index (χ2v) is 7.53. The number of benzene rings is 3. The third-order valence-corrected chi connectivity index (χ3v) is 5.35. The lowest BCUT2D eigenvalue weighted by Gasteiger charge is -2.19. The molecule has 0 spiro atoms. The van der Waals surface area contributed by atoms with Gasteiger partial charge in [0, 0.05) is 18.5 Å². The second-order valence-electron chi connectivity index (χ2n) is 7.53. The molecular weight excluding hydrogens is 410 g/mol. The minimum absolute atomic E-state index is 0.0607. The summed E-state index contributed by atoms with van der Waals surface area (Å²) in [5, 5.41) is 26.7. The quantitative estimate of drug-likeness (QED) is 0.294. The molecular formula is C23H21N5O4. The molecule has 2 N–H and O–H groups in total. The Morgan fingerprint density at radius 3 is 2.28 bits per heavy atom. The van der Waals surface area contributed by atoms with Crippen molar-refractivity contribution in [1.29, 1.82) is 0 Å². The molecule has 0 aliphatic heterocycles. The van der Waals surface area contributed by atoms with Gasteiger partial charge in [0.05, 0.1) is 15.4 Å². The molecule has 0 amide bonds. The minimum Gasteiger partial charge on any atom is -0.373 e. The standard InChI is InChI=1S/C23H21N5O4/c1-15-25-19-13-20(27(29)30)22(23(28(31)32)21(19)26-15)24-14-18(17-10-6-3-7-11-17)12-16-8-4-2-5-9-16/h2-11,13,18,24H,12,14H2,1H3,(H,25,26). The Morgan fingerprint density at radius 2 is 1.66 bits per heavy atom. The third kappa shape index (κ3) is 4.27. The Labute approximate surface area is 183 Å². The van der Waals surface area contributed by atoms with Crippen LogP contribution in [-0.2, 0) is 6.42 Å². The fourth-order valence-corrected chi connectivity index (χ4v) is 3.90. The van der Waals surface area contributed by atoms with E-state index < -0.39 is 15.5 Å². The molecule has 0 bridgehead atoms. The van der Waals surface area contributed by atoms with Crippen LogP contribution in [0.15, 0.2) is 66.7 Å². The van der Waals surface area contributed by atoms with Gasteiger partial charge in [-0.25, -0.2) is 4.98 Å². The molecule has 3 aromatic carbocycles. The van der Waals surface area contributed by atoms with E-state index in [0.717, 1.165) is 11.1 Å². The number of nitrogens with one attached hydrogen (secondary N) is 2. The summed E-state index contributed by atoms with van der Waals surface area (Å²) in [5.41, 5.74) is 1.60. The summed E-state index contributed by atoms with van der Waals surface area (Å²) in [5.74, 6) is 0.384. The van der Waals surface area contributed by atoms with E-state index >= 15 is 0 Å². The van der Waals surface area contributed by atoms with E-state index in [-0.39, 0.29) is 34.9 Å². The van der Waals surface area contributed by atoms with Crippen LogP contribution in [0.3, 0.4) is 0 Å². The molecule has 32 heavy (non-hydrogen) atoms. The average molecular weight is 431 g/mol. The van der Waals surface area contributed by atoms with Gasteiger partial charge in [0.2, 0.25) is 0 Å². The molecule has 0 radical (unpaired) electrons. The van der Waals surface area contributed by atoms with E-state index in [1.807, 2.05) is 60.7 Å². The van der Waals surface area contributed by atoms with Crippen molar-refractivity contribution in [2.45, 2.75) is 19.3 Å². The zero-order valence-corrected chi connectivity index (χ0v) is 17.3. The molecule has 0 fully saturated rings.